The van der Waals surface area contributed by atoms with Crippen LogP contribution in [-0.2, 0) is 15.0 Å². The molecular formula is C23H23ClN2O4Si. The lowest BCUT2D eigenvalue weighted by Crippen LogP contribution is -2.59. The molecule has 0 spiro atoms. The number of ether oxygens (including phenoxy) is 1. The van der Waals surface area contributed by atoms with Crippen molar-refractivity contribution < 1.29 is 9.16 Å². The van der Waals surface area contributed by atoms with Gasteiger partial charge in [-0.05, 0) is 23.0 Å². The van der Waals surface area contributed by atoms with Crippen molar-refractivity contribution in [2.75, 3.05) is 6.61 Å². The summed E-state index contributed by atoms with van der Waals surface area (Å²) in [6, 6.07) is 20.5. The average Bonchev–Trinajstić information content (AvgIpc) is 3.27. The maximum absolute atomic E-state index is 12.2. The third-order valence-corrected chi connectivity index (χ3v) is 9.35. The molecule has 2 atom stereocenters. The van der Waals surface area contributed by atoms with E-state index >= 15 is 0 Å². The predicted molar refractivity (Wildman–Crippen MR) is 124 cm³/mol. The number of nitrogens with one attached hydrogen (secondary N) is 1. The Kier molecular flexibility index (Phi) is 6.38. The van der Waals surface area contributed by atoms with E-state index < -0.39 is 25.8 Å². The smallest absolute Gasteiger partial charge is 0.330 e. The number of aromatic amines is 1. The molecule has 0 aliphatic carbocycles. The van der Waals surface area contributed by atoms with E-state index in [2.05, 4.69) is 35.8 Å². The Labute approximate surface area is 185 Å². The number of rotatable bonds is 7. The summed E-state index contributed by atoms with van der Waals surface area (Å²) in [5, 5.41) is 2.34. The number of benzene rings is 2. The Hall–Kier alpha value is -2.71. The van der Waals surface area contributed by atoms with Crippen LogP contribution >= 0.6 is 11.6 Å². The molecule has 2 heterocycles. The van der Waals surface area contributed by atoms with Crippen LogP contribution in [-0.4, -0.2) is 30.6 Å². The molecule has 0 unspecified atom stereocenters. The fraction of sp³-hybridized carbons (Fsp3) is 0.217. The van der Waals surface area contributed by atoms with Gasteiger partial charge in [0.2, 0.25) is 0 Å². The van der Waals surface area contributed by atoms with Crippen LogP contribution in [0.25, 0.3) is 0 Å². The molecule has 6 nitrogen and oxygen atoms in total. The molecule has 0 radical (unpaired) electrons. The zero-order chi connectivity index (χ0) is 21.8. The lowest BCUT2D eigenvalue weighted by molar-refractivity contribution is -0.00631. The Morgan fingerprint density at radius 3 is 2.23 bits per heavy atom. The van der Waals surface area contributed by atoms with Gasteiger partial charge in [-0.25, -0.2) is 4.79 Å². The summed E-state index contributed by atoms with van der Waals surface area (Å²) in [6.45, 7) is 2.52. The van der Waals surface area contributed by atoms with Crippen LogP contribution in [0, 0.1) is 0 Å². The van der Waals surface area contributed by atoms with Crippen molar-refractivity contribution in [3.8, 4) is 0 Å². The lowest BCUT2D eigenvalue weighted by atomic mass is 10.3. The van der Waals surface area contributed by atoms with Gasteiger partial charge in [-0.15, -0.1) is 11.6 Å². The molecule has 0 saturated carbocycles. The van der Waals surface area contributed by atoms with Gasteiger partial charge in [0, 0.05) is 11.8 Å². The molecule has 1 aliphatic rings. The lowest BCUT2D eigenvalue weighted by Gasteiger charge is -2.30. The molecule has 0 saturated heterocycles. The molecule has 2 aromatic carbocycles. The first-order chi connectivity index (χ1) is 15.0. The maximum atomic E-state index is 12.2. The van der Waals surface area contributed by atoms with Crippen LogP contribution in [0.3, 0.4) is 0 Å². The maximum Gasteiger partial charge on any atom is 0.330 e. The highest BCUT2D eigenvalue weighted by atomic mass is 35.5. The van der Waals surface area contributed by atoms with Crippen molar-refractivity contribution in [3.63, 3.8) is 0 Å². The van der Waals surface area contributed by atoms with Crippen LogP contribution in [0.1, 0.15) is 11.8 Å². The highest BCUT2D eigenvalue weighted by Crippen LogP contribution is 2.21. The van der Waals surface area contributed by atoms with Crippen molar-refractivity contribution >= 4 is 30.3 Å². The Morgan fingerprint density at radius 1 is 1.03 bits per heavy atom. The topological polar surface area (TPSA) is 73.3 Å². The minimum Gasteiger partial charge on any atom is -0.405 e. The van der Waals surface area contributed by atoms with E-state index in [1.807, 2.05) is 42.5 Å². The molecule has 1 aliphatic heterocycles. The van der Waals surface area contributed by atoms with E-state index in [1.54, 1.807) is 6.08 Å². The fourth-order valence-corrected chi connectivity index (χ4v) is 6.66. The first-order valence-corrected chi connectivity index (χ1v) is 12.9. The highest BCUT2D eigenvalue weighted by Gasteiger charge is 2.35. The summed E-state index contributed by atoms with van der Waals surface area (Å²) in [5.41, 5.74) is -0.709. The van der Waals surface area contributed by atoms with E-state index in [4.69, 9.17) is 20.8 Å². The van der Waals surface area contributed by atoms with Crippen LogP contribution in [0.5, 0.6) is 0 Å². The van der Waals surface area contributed by atoms with Crippen LogP contribution < -0.4 is 21.6 Å². The molecule has 0 amide bonds. The molecule has 4 rings (SSSR count). The van der Waals surface area contributed by atoms with Gasteiger partial charge < -0.3 is 9.16 Å². The molecule has 8 heteroatoms. The third kappa shape index (κ3) is 4.50. The monoisotopic (exact) mass is 454 g/mol. The van der Waals surface area contributed by atoms with Gasteiger partial charge in [-0.1, -0.05) is 66.7 Å². The van der Waals surface area contributed by atoms with Gasteiger partial charge >= 0.3 is 5.69 Å². The van der Waals surface area contributed by atoms with Gasteiger partial charge in [-0.2, -0.15) is 0 Å². The quantitative estimate of drug-likeness (QED) is 0.337. The van der Waals surface area contributed by atoms with E-state index in [-0.39, 0.29) is 12.0 Å². The Balaban J connectivity index is 1.52. The fourth-order valence-electron chi connectivity index (χ4n) is 3.65. The first-order valence-electron chi connectivity index (χ1n) is 10.0. The molecule has 3 aromatic rings. The second-order valence-corrected chi connectivity index (χ2v) is 11.3. The highest BCUT2D eigenvalue weighted by molar-refractivity contribution is 6.96. The van der Waals surface area contributed by atoms with E-state index in [0.29, 0.717) is 12.2 Å². The summed E-state index contributed by atoms with van der Waals surface area (Å²) in [4.78, 5) is 26.3. The zero-order valence-corrected chi connectivity index (χ0v) is 18.8. The predicted octanol–water partition coefficient (Wildman–Crippen LogP) is 2.14. The summed E-state index contributed by atoms with van der Waals surface area (Å²) < 4.78 is 13.9. The van der Waals surface area contributed by atoms with Crippen molar-refractivity contribution in [3.05, 3.63) is 105 Å². The molecule has 0 fully saturated rings. The standard InChI is InChI=1S/C23H23ClN2O4Si/c1-31(19-8-4-2-5-9-19,20-10-6-3-7-11-20)29-16-18-12-13-21(30-18)26-15-17(14-24)22(27)25-23(26)28/h2-13,15,18,21H,14,16H2,1H3,(H,25,27,28)/t18-,21+/m0/s1. The first kappa shape index (κ1) is 21.5. The normalized spacial score (nSPS) is 18.4. The summed E-state index contributed by atoms with van der Waals surface area (Å²) in [6.07, 6.45) is 4.17. The molecule has 160 valence electrons. The Morgan fingerprint density at radius 2 is 1.65 bits per heavy atom. The van der Waals surface area contributed by atoms with E-state index in [9.17, 15) is 9.59 Å². The summed E-state index contributed by atoms with van der Waals surface area (Å²) in [5.74, 6) is 0.0106. The van der Waals surface area contributed by atoms with Crippen LogP contribution in [0.2, 0.25) is 6.55 Å². The third-order valence-electron chi connectivity index (χ3n) is 5.45. The van der Waals surface area contributed by atoms with Crippen LogP contribution in [0.4, 0.5) is 0 Å². The van der Waals surface area contributed by atoms with E-state index in [1.165, 1.54) is 21.1 Å². The number of halogens is 1. The van der Waals surface area contributed by atoms with Gasteiger partial charge in [0.25, 0.3) is 13.9 Å². The van der Waals surface area contributed by atoms with Crippen LogP contribution in [0.15, 0.2) is 88.6 Å². The number of hydrogen-bond acceptors (Lipinski definition) is 4. The van der Waals surface area contributed by atoms with Crippen molar-refractivity contribution in [1.82, 2.24) is 9.55 Å². The number of nitrogens with zero attached hydrogens (tertiary/aromatic N) is 1. The minimum absolute atomic E-state index is 0.0106. The molecule has 0 bridgehead atoms. The van der Waals surface area contributed by atoms with Gasteiger partial charge in [-0.3, -0.25) is 14.3 Å². The van der Waals surface area contributed by atoms with E-state index in [0.717, 1.165) is 0 Å². The zero-order valence-electron chi connectivity index (χ0n) is 17.0. The number of hydrogen-bond donors (Lipinski definition) is 1. The average molecular weight is 455 g/mol. The number of aromatic nitrogens is 2. The second kappa shape index (κ2) is 9.19. The molecular weight excluding hydrogens is 432 g/mol. The molecule has 1 N–H and O–H groups in total. The van der Waals surface area contributed by atoms with Crippen molar-refractivity contribution in [2.45, 2.75) is 24.8 Å². The minimum atomic E-state index is -2.45. The SMILES string of the molecule is C[Si](OC[C@@H]1C=C[C@H](n2cc(CCl)c(=O)[nH]c2=O)O1)(c1ccccc1)c1ccccc1. The largest absolute Gasteiger partial charge is 0.405 e. The summed E-state index contributed by atoms with van der Waals surface area (Å²) in [7, 11) is -2.45. The number of H-pyrrole nitrogens is 1. The Bertz CT molecular complexity index is 1140. The molecule has 1 aromatic heterocycles. The summed E-state index contributed by atoms with van der Waals surface area (Å²) >= 11 is 5.80. The van der Waals surface area contributed by atoms with Gasteiger partial charge in [0.15, 0.2) is 6.23 Å². The molecule has 31 heavy (non-hydrogen) atoms. The van der Waals surface area contributed by atoms with Crippen molar-refractivity contribution in [2.24, 2.45) is 0 Å². The number of alkyl halides is 1. The van der Waals surface area contributed by atoms with Crippen molar-refractivity contribution in [1.29, 1.82) is 0 Å². The van der Waals surface area contributed by atoms with Gasteiger partial charge in [0.1, 0.15) is 6.10 Å². The second-order valence-electron chi connectivity index (χ2n) is 7.48. The van der Waals surface area contributed by atoms with Gasteiger partial charge in [0.05, 0.1) is 12.5 Å².